The second-order valence-electron chi connectivity index (χ2n) is 3.62. The lowest BCUT2D eigenvalue weighted by Crippen LogP contribution is -2.28. The van der Waals surface area contributed by atoms with Crippen molar-refractivity contribution in [3.8, 4) is 0 Å². The van der Waals surface area contributed by atoms with Gasteiger partial charge < -0.3 is 11.1 Å². The molecular weight excluding hydrogens is 264 g/mol. The van der Waals surface area contributed by atoms with Crippen LogP contribution in [0.2, 0.25) is 5.02 Å². The van der Waals surface area contributed by atoms with Gasteiger partial charge in [0.25, 0.3) is 5.91 Å². The van der Waals surface area contributed by atoms with Crippen LogP contribution in [0.25, 0.3) is 0 Å². The largest absolute Gasteiger partial charge is 0.398 e. The summed E-state index contributed by atoms with van der Waals surface area (Å²) < 4.78 is 21.7. The van der Waals surface area contributed by atoms with Gasteiger partial charge in [-0.2, -0.15) is 0 Å². The number of hydrogen-bond donors (Lipinski definition) is 2. The molecule has 7 heteroatoms. The Morgan fingerprint density at radius 1 is 1.47 bits per heavy atom. The van der Waals surface area contributed by atoms with E-state index >= 15 is 0 Å². The number of halogens is 1. The number of nitrogens with two attached hydrogens (primary N) is 1. The number of carbonyl (C=O) groups excluding carboxylic acids is 1. The number of nitrogen functional groups attached to an aromatic ring is 1. The van der Waals surface area contributed by atoms with Crippen molar-refractivity contribution in [2.45, 2.75) is 0 Å². The van der Waals surface area contributed by atoms with Gasteiger partial charge in [0.05, 0.1) is 16.5 Å². The Labute approximate surface area is 105 Å². The molecular formula is C10H13ClN2O3S. The van der Waals surface area contributed by atoms with E-state index in [9.17, 15) is 13.2 Å². The highest BCUT2D eigenvalue weighted by atomic mass is 35.5. The summed E-state index contributed by atoms with van der Waals surface area (Å²) in [5.74, 6) is -0.475. The van der Waals surface area contributed by atoms with E-state index in [1.165, 1.54) is 18.2 Å². The van der Waals surface area contributed by atoms with Gasteiger partial charge in [-0.1, -0.05) is 11.6 Å². The molecule has 0 bridgehead atoms. The number of anilines is 1. The fourth-order valence-corrected chi connectivity index (χ4v) is 1.77. The van der Waals surface area contributed by atoms with E-state index in [1.54, 1.807) is 0 Å². The first-order valence-corrected chi connectivity index (χ1v) is 7.24. The monoisotopic (exact) mass is 276 g/mol. The predicted molar refractivity (Wildman–Crippen MR) is 67.9 cm³/mol. The molecule has 0 atom stereocenters. The second-order valence-corrected chi connectivity index (χ2v) is 6.29. The molecule has 0 aromatic heterocycles. The van der Waals surface area contributed by atoms with E-state index in [1.807, 2.05) is 0 Å². The van der Waals surface area contributed by atoms with Crippen LogP contribution in [0.1, 0.15) is 10.4 Å². The third kappa shape index (κ3) is 4.62. The molecule has 1 amide bonds. The summed E-state index contributed by atoms with van der Waals surface area (Å²) in [6.45, 7) is 0.0691. The van der Waals surface area contributed by atoms with Crippen molar-refractivity contribution in [2.24, 2.45) is 0 Å². The Bertz CT molecular complexity index is 528. The highest BCUT2D eigenvalue weighted by Crippen LogP contribution is 2.19. The normalized spacial score (nSPS) is 11.2. The third-order valence-electron chi connectivity index (χ3n) is 2.02. The number of amides is 1. The van der Waals surface area contributed by atoms with Crippen molar-refractivity contribution < 1.29 is 13.2 Å². The summed E-state index contributed by atoms with van der Waals surface area (Å²) in [5.41, 5.74) is 6.24. The molecule has 17 heavy (non-hydrogen) atoms. The Kier molecular flexibility index (Phi) is 4.36. The van der Waals surface area contributed by atoms with Gasteiger partial charge in [-0.3, -0.25) is 4.79 Å². The number of carbonyl (C=O) groups is 1. The Morgan fingerprint density at radius 3 is 2.65 bits per heavy atom. The molecule has 0 aliphatic rings. The molecule has 0 heterocycles. The number of benzene rings is 1. The van der Waals surface area contributed by atoms with E-state index < -0.39 is 9.84 Å². The minimum atomic E-state index is -3.08. The summed E-state index contributed by atoms with van der Waals surface area (Å²) in [6, 6.07) is 4.48. The SMILES string of the molecule is CS(=O)(=O)CCNC(=O)c1ccc(N)c(Cl)c1. The lowest BCUT2D eigenvalue weighted by molar-refractivity contribution is 0.0956. The van der Waals surface area contributed by atoms with Crippen molar-refractivity contribution in [1.82, 2.24) is 5.32 Å². The first kappa shape index (κ1) is 13.8. The average molecular weight is 277 g/mol. The maximum atomic E-state index is 11.6. The van der Waals surface area contributed by atoms with Crippen LogP contribution in [0.15, 0.2) is 18.2 Å². The molecule has 1 aromatic rings. The minimum absolute atomic E-state index is 0.0691. The van der Waals surface area contributed by atoms with Crippen molar-refractivity contribution in [3.63, 3.8) is 0 Å². The van der Waals surface area contributed by atoms with Crippen LogP contribution in [0.4, 0.5) is 5.69 Å². The molecule has 0 aliphatic carbocycles. The predicted octanol–water partition coefficient (Wildman–Crippen LogP) is 0.697. The van der Waals surface area contributed by atoms with Gasteiger partial charge >= 0.3 is 0 Å². The Balaban J connectivity index is 2.61. The fourth-order valence-electron chi connectivity index (χ4n) is 1.12. The molecule has 0 spiro atoms. The quantitative estimate of drug-likeness (QED) is 0.792. The molecule has 0 aliphatic heterocycles. The van der Waals surface area contributed by atoms with E-state index in [0.717, 1.165) is 6.26 Å². The number of nitrogens with one attached hydrogen (secondary N) is 1. The number of rotatable bonds is 4. The lowest BCUT2D eigenvalue weighted by atomic mass is 10.2. The highest BCUT2D eigenvalue weighted by Gasteiger charge is 2.08. The average Bonchev–Trinajstić information content (AvgIpc) is 2.20. The molecule has 5 nitrogen and oxygen atoms in total. The standard InChI is InChI=1S/C10H13ClN2O3S/c1-17(15,16)5-4-13-10(14)7-2-3-9(12)8(11)6-7/h2-3,6H,4-5,12H2,1H3,(H,13,14). The lowest BCUT2D eigenvalue weighted by Gasteiger charge is -2.05. The summed E-state index contributed by atoms with van der Waals surface area (Å²) in [5, 5.41) is 2.78. The molecule has 0 fully saturated rings. The van der Waals surface area contributed by atoms with Crippen molar-refractivity contribution in [2.75, 3.05) is 24.3 Å². The highest BCUT2D eigenvalue weighted by molar-refractivity contribution is 7.90. The van der Waals surface area contributed by atoms with E-state index in [4.69, 9.17) is 17.3 Å². The van der Waals surface area contributed by atoms with Crippen molar-refractivity contribution in [3.05, 3.63) is 28.8 Å². The zero-order valence-electron chi connectivity index (χ0n) is 9.23. The summed E-state index contributed by atoms with van der Waals surface area (Å²) in [6.07, 6.45) is 1.11. The van der Waals surface area contributed by atoms with Crippen LogP contribution < -0.4 is 11.1 Å². The van der Waals surface area contributed by atoms with Crippen LogP contribution in [-0.2, 0) is 9.84 Å². The number of sulfone groups is 1. The van der Waals surface area contributed by atoms with Gasteiger partial charge in [-0.25, -0.2) is 8.42 Å². The molecule has 94 valence electrons. The zero-order valence-corrected chi connectivity index (χ0v) is 10.8. The summed E-state index contributed by atoms with van der Waals surface area (Å²) in [7, 11) is -3.08. The van der Waals surface area contributed by atoms with Crippen LogP contribution in [0.3, 0.4) is 0 Å². The summed E-state index contributed by atoms with van der Waals surface area (Å²) in [4.78, 5) is 11.6. The van der Waals surface area contributed by atoms with Gasteiger partial charge in [0.2, 0.25) is 0 Å². The maximum absolute atomic E-state index is 11.6. The molecule has 1 rings (SSSR count). The van der Waals surface area contributed by atoms with Crippen LogP contribution >= 0.6 is 11.6 Å². The van der Waals surface area contributed by atoms with Crippen LogP contribution in [-0.4, -0.2) is 32.9 Å². The fraction of sp³-hybridized carbons (Fsp3) is 0.300. The van der Waals surface area contributed by atoms with Crippen LogP contribution in [0.5, 0.6) is 0 Å². The molecule has 0 saturated carbocycles. The first-order valence-electron chi connectivity index (χ1n) is 4.80. The molecule has 1 aromatic carbocycles. The topological polar surface area (TPSA) is 89.3 Å². The van der Waals surface area contributed by atoms with Gasteiger partial charge in [0.1, 0.15) is 9.84 Å². The van der Waals surface area contributed by atoms with Gasteiger partial charge in [0, 0.05) is 18.4 Å². The summed E-state index contributed by atoms with van der Waals surface area (Å²) >= 11 is 5.76. The van der Waals surface area contributed by atoms with Crippen molar-refractivity contribution in [1.29, 1.82) is 0 Å². The Hall–Kier alpha value is -1.27. The van der Waals surface area contributed by atoms with E-state index in [0.29, 0.717) is 16.3 Å². The van der Waals surface area contributed by atoms with Gasteiger partial charge in [0.15, 0.2) is 0 Å². The maximum Gasteiger partial charge on any atom is 0.251 e. The van der Waals surface area contributed by atoms with E-state index in [2.05, 4.69) is 5.32 Å². The second kappa shape index (κ2) is 5.37. The van der Waals surface area contributed by atoms with E-state index in [-0.39, 0.29) is 18.2 Å². The first-order chi connectivity index (χ1) is 7.79. The smallest absolute Gasteiger partial charge is 0.251 e. The number of hydrogen-bond acceptors (Lipinski definition) is 4. The molecule has 3 N–H and O–H groups in total. The van der Waals surface area contributed by atoms with Crippen LogP contribution in [0, 0.1) is 0 Å². The molecule has 0 unspecified atom stereocenters. The zero-order chi connectivity index (χ0) is 13.1. The molecule has 0 radical (unpaired) electrons. The molecule has 0 saturated heterocycles. The van der Waals surface area contributed by atoms with Crippen molar-refractivity contribution >= 4 is 33.0 Å². The van der Waals surface area contributed by atoms with Gasteiger partial charge in [-0.05, 0) is 18.2 Å². The third-order valence-corrected chi connectivity index (χ3v) is 3.29. The minimum Gasteiger partial charge on any atom is -0.398 e. The van der Waals surface area contributed by atoms with Gasteiger partial charge in [-0.15, -0.1) is 0 Å². The Morgan fingerprint density at radius 2 is 2.12 bits per heavy atom.